The first-order valence-electron chi connectivity index (χ1n) is 5.70. The van der Waals surface area contributed by atoms with E-state index in [-0.39, 0.29) is 5.69 Å². The molecule has 2 aromatic heterocycles. The van der Waals surface area contributed by atoms with Crippen molar-refractivity contribution in [3.8, 4) is 23.0 Å². The highest BCUT2D eigenvalue weighted by molar-refractivity contribution is 5.62. The lowest BCUT2D eigenvalue weighted by Crippen LogP contribution is -2.02. The van der Waals surface area contributed by atoms with Gasteiger partial charge in [0.2, 0.25) is 0 Å². The van der Waals surface area contributed by atoms with Crippen LogP contribution in [0.25, 0.3) is 16.9 Å². The highest BCUT2D eigenvalue weighted by atomic mass is 15.3. The fourth-order valence-corrected chi connectivity index (χ4v) is 1.80. The third kappa shape index (κ3) is 2.07. The lowest BCUT2D eigenvalue weighted by atomic mass is 10.1. The van der Waals surface area contributed by atoms with Crippen LogP contribution in [0.2, 0.25) is 0 Å². The average Bonchev–Trinajstić information content (AvgIpc) is 2.98. The van der Waals surface area contributed by atoms with E-state index in [0.717, 1.165) is 11.1 Å². The third-order valence-corrected chi connectivity index (χ3v) is 2.69. The average molecular weight is 247 g/mol. The Bertz CT molecular complexity index is 740. The fourth-order valence-electron chi connectivity index (χ4n) is 1.80. The van der Waals surface area contributed by atoms with E-state index < -0.39 is 0 Å². The number of benzene rings is 1. The minimum atomic E-state index is 0.255. The molecule has 0 amide bonds. The van der Waals surface area contributed by atoms with Gasteiger partial charge >= 0.3 is 0 Å². The molecule has 3 aromatic rings. The minimum absolute atomic E-state index is 0.255. The molecule has 5 heteroatoms. The summed E-state index contributed by atoms with van der Waals surface area (Å²) in [6.07, 6.45) is 6.61. The van der Waals surface area contributed by atoms with Gasteiger partial charge in [-0.1, -0.05) is 30.3 Å². The molecule has 0 aliphatic rings. The monoisotopic (exact) mass is 247 g/mol. The number of rotatable bonds is 2. The van der Waals surface area contributed by atoms with Crippen molar-refractivity contribution in [3.63, 3.8) is 0 Å². The summed E-state index contributed by atoms with van der Waals surface area (Å²) in [4.78, 5) is 8.11. The Labute approximate surface area is 109 Å². The van der Waals surface area contributed by atoms with Crippen LogP contribution in [0.3, 0.4) is 0 Å². The molecule has 5 nitrogen and oxygen atoms in total. The second-order valence-electron chi connectivity index (χ2n) is 3.88. The molecule has 0 saturated carbocycles. The number of aromatic nitrogens is 4. The summed E-state index contributed by atoms with van der Waals surface area (Å²) in [6, 6.07) is 11.9. The van der Waals surface area contributed by atoms with Crippen LogP contribution in [0.15, 0.2) is 55.1 Å². The molecule has 0 unspecified atom stereocenters. The molecule has 0 atom stereocenters. The molecule has 2 heterocycles. The second kappa shape index (κ2) is 4.70. The van der Waals surface area contributed by atoms with Crippen LogP contribution in [0.5, 0.6) is 0 Å². The third-order valence-electron chi connectivity index (χ3n) is 2.69. The Morgan fingerprint density at radius 1 is 1.00 bits per heavy atom. The molecule has 0 aliphatic heterocycles. The highest BCUT2D eigenvalue weighted by Crippen LogP contribution is 2.19. The Morgan fingerprint density at radius 3 is 2.58 bits per heavy atom. The zero-order chi connectivity index (χ0) is 13.1. The van der Waals surface area contributed by atoms with Crippen LogP contribution < -0.4 is 0 Å². The van der Waals surface area contributed by atoms with E-state index in [9.17, 15) is 0 Å². The highest BCUT2D eigenvalue weighted by Gasteiger charge is 2.09. The number of nitriles is 1. The van der Waals surface area contributed by atoms with Gasteiger partial charge in [0.1, 0.15) is 6.07 Å². The van der Waals surface area contributed by atoms with E-state index >= 15 is 0 Å². The maximum absolute atomic E-state index is 9.01. The normalized spacial score (nSPS) is 10.1. The van der Waals surface area contributed by atoms with Crippen molar-refractivity contribution >= 4 is 0 Å². The molecule has 0 N–H and O–H groups in total. The predicted molar refractivity (Wildman–Crippen MR) is 69.3 cm³/mol. The van der Waals surface area contributed by atoms with E-state index in [1.54, 1.807) is 17.1 Å². The maximum Gasteiger partial charge on any atom is 0.190 e. The van der Waals surface area contributed by atoms with Gasteiger partial charge in [0, 0.05) is 24.2 Å². The van der Waals surface area contributed by atoms with Crippen LogP contribution in [-0.4, -0.2) is 19.7 Å². The first kappa shape index (κ1) is 11.1. The summed E-state index contributed by atoms with van der Waals surface area (Å²) in [5.41, 5.74) is 2.29. The molecule has 0 fully saturated rings. The summed E-state index contributed by atoms with van der Waals surface area (Å²) < 4.78 is 1.56. The lowest BCUT2D eigenvalue weighted by Gasteiger charge is -2.00. The van der Waals surface area contributed by atoms with Gasteiger partial charge < -0.3 is 0 Å². The topological polar surface area (TPSA) is 67.4 Å². The van der Waals surface area contributed by atoms with Crippen molar-refractivity contribution in [1.29, 1.82) is 5.26 Å². The van der Waals surface area contributed by atoms with E-state index in [1.165, 1.54) is 6.20 Å². The summed E-state index contributed by atoms with van der Waals surface area (Å²) in [7, 11) is 0. The van der Waals surface area contributed by atoms with Crippen molar-refractivity contribution in [2.24, 2.45) is 0 Å². The zero-order valence-electron chi connectivity index (χ0n) is 9.93. The molecule has 0 spiro atoms. The molecule has 19 heavy (non-hydrogen) atoms. The van der Waals surface area contributed by atoms with Gasteiger partial charge in [-0.2, -0.15) is 10.4 Å². The van der Waals surface area contributed by atoms with Crippen LogP contribution >= 0.6 is 0 Å². The Morgan fingerprint density at radius 2 is 1.79 bits per heavy atom. The van der Waals surface area contributed by atoms with Gasteiger partial charge in [-0.25, -0.2) is 14.6 Å². The molecule has 90 valence electrons. The van der Waals surface area contributed by atoms with Gasteiger partial charge in [-0.3, -0.25) is 0 Å². The Balaban J connectivity index is 2.05. The van der Waals surface area contributed by atoms with Gasteiger partial charge in [-0.05, 0) is 5.56 Å². The van der Waals surface area contributed by atoms with Crippen molar-refractivity contribution in [1.82, 2.24) is 19.7 Å². The number of nitrogens with zero attached hydrogens (tertiary/aromatic N) is 5. The van der Waals surface area contributed by atoms with Crippen LogP contribution in [0.4, 0.5) is 0 Å². The van der Waals surface area contributed by atoms with E-state index in [1.807, 2.05) is 42.6 Å². The molecule has 0 saturated heterocycles. The standard InChI is InChI=1S/C14H9N5/c15-8-13-14(17-7-6-16-13)19-10-12(9-18-19)11-4-2-1-3-5-11/h1-7,9-10H. The first-order chi connectivity index (χ1) is 9.38. The quantitative estimate of drug-likeness (QED) is 0.696. The fraction of sp³-hybridized carbons (Fsp3) is 0. The summed E-state index contributed by atoms with van der Waals surface area (Å²) in [5, 5.41) is 13.2. The lowest BCUT2D eigenvalue weighted by molar-refractivity contribution is 0.832. The van der Waals surface area contributed by atoms with Crippen LogP contribution in [0, 0.1) is 11.3 Å². The van der Waals surface area contributed by atoms with Crippen molar-refractivity contribution in [2.45, 2.75) is 0 Å². The molecule has 0 bridgehead atoms. The molecular formula is C14H9N5. The van der Waals surface area contributed by atoms with Crippen LogP contribution in [-0.2, 0) is 0 Å². The van der Waals surface area contributed by atoms with Gasteiger partial charge in [0.05, 0.1) is 6.20 Å². The second-order valence-corrected chi connectivity index (χ2v) is 3.88. The Hall–Kier alpha value is -3.00. The maximum atomic E-state index is 9.01. The molecule has 1 aromatic carbocycles. The van der Waals surface area contributed by atoms with E-state index in [0.29, 0.717) is 5.82 Å². The summed E-state index contributed by atoms with van der Waals surface area (Å²) >= 11 is 0. The number of hydrogen-bond acceptors (Lipinski definition) is 4. The van der Waals surface area contributed by atoms with Crippen molar-refractivity contribution < 1.29 is 0 Å². The summed E-state index contributed by atoms with van der Waals surface area (Å²) in [5.74, 6) is 0.437. The van der Waals surface area contributed by atoms with E-state index in [4.69, 9.17) is 5.26 Å². The molecule has 0 radical (unpaired) electrons. The molecular weight excluding hydrogens is 238 g/mol. The number of hydrogen-bond donors (Lipinski definition) is 0. The van der Waals surface area contributed by atoms with Crippen molar-refractivity contribution in [3.05, 3.63) is 60.8 Å². The van der Waals surface area contributed by atoms with Crippen LogP contribution in [0.1, 0.15) is 5.69 Å². The Kier molecular flexibility index (Phi) is 2.75. The molecule has 0 aliphatic carbocycles. The first-order valence-corrected chi connectivity index (χ1v) is 5.70. The minimum Gasteiger partial charge on any atom is -0.240 e. The smallest absolute Gasteiger partial charge is 0.190 e. The van der Waals surface area contributed by atoms with Gasteiger partial charge in [0.25, 0.3) is 0 Å². The van der Waals surface area contributed by atoms with E-state index in [2.05, 4.69) is 15.1 Å². The zero-order valence-corrected chi connectivity index (χ0v) is 9.93. The molecule has 3 rings (SSSR count). The summed E-state index contributed by atoms with van der Waals surface area (Å²) in [6.45, 7) is 0. The van der Waals surface area contributed by atoms with Gasteiger partial charge in [-0.15, -0.1) is 0 Å². The largest absolute Gasteiger partial charge is 0.240 e. The van der Waals surface area contributed by atoms with Crippen molar-refractivity contribution in [2.75, 3.05) is 0 Å². The predicted octanol–water partition coefficient (Wildman–Crippen LogP) is 2.20. The van der Waals surface area contributed by atoms with Gasteiger partial charge in [0.15, 0.2) is 11.5 Å². The SMILES string of the molecule is N#Cc1nccnc1-n1cc(-c2ccccc2)cn1.